The van der Waals surface area contributed by atoms with Gasteiger partial charge in [0.1, 0.15) is 11.6 Å². The molecule has 2 aromatic rings. The Bertz CT molecular complexity index is 775. The summed E-state index contributed by atoms with van der Waals surface area (Å²) in [7, 11) is 0. The average Bonchev–Trinajstić information content (AvgIpc) is 3.10. The summed E-state index contributed by atoms with van der Waals surface area (Å²) in [4.78, 5) is 15.0. The van der Waals surface area contributed by atoms with Crippen LogP contribution in [-0.2, 0) is 6.54 Å². The average molecular weight is 505 g/mol. The standard InChI is InChI=1S/C18H22ClFN6.HI/c1-2-21-18(24-11-16-15(20)6-4-8-22-16)25-13-7-10-26(12-13)17-14(19)5-3-9-23-17;/h3-6,8-9,13H,2,7,10-12H2,1H3,(H2,21,24,25);1H. The first kappa shape index (κ1) is 21.6. The van der Waals surface area contributed by atoms with Crippen molar-refractivity contribution in [2.45, 2.75) is 25.9 Å². The van der Waals surface area contributed by atoms with E-state index in [2.05, 4.69) is 30.5 Å². The van der Waals surface area contributed by atoms with Crippen molar-refractivity contribution in [3.8, 4) is 0 Å². The van der Waals surface area contributed by atoms with Crippen molar-refractivity contribution in [1.29, 1.82) is 0 Å². The molecule has 1 unspecified atom stereocenters. The fourth-order valence-corrected chi connectivity index (χ4v) is 3.12. The van der Waals surface area contributed by atoms with Crippen LogP contribution in [0.3, 0.4) is 0 Å². The van der Waals surface area contributed by atoms with E-state index in [9.17, 15) is 4.39 Å². The minimum atomic E-state index is -0.344. The summed E-state index contributed by atoms with van der Waals surface area (Å²) in [5, 5.41) is 7.25. The maximum atomic E-state index is 13.7. The van der Waals surface area contributed by atoms with Crippen LogP contribution in [0.15, 0.2) is 41.7 Å². The molecule has 0 radical (unpaired) electrons. The predicted octanol–water partition coefficient (Wildman–Crippen LogP) is 3.22. The Kier molecular flexibility index (Phi) is 8.49. The molecular formula is C18H23ClFIN6. The Morgan fingerprint density at radius 1 is 1.33 bits per heavy atom. The van der Waals surface area contributed by atoms with Crippen LogP contribution < -0.4 is 15.5 Å². The summed E-state index contributed by atoms with van der Waals surface area (Å²) in [6.07, 6.45) is 4.25. The first-order chi connectivity index (χ1) is 12.7. The zero-order valence-electron chi connectivity index (χ0n) is 15.0. The van der Waals surface area contributed by atoms with Gasteiger partial charge in [0.15, 0.2) is 5.96 Å². The van der Waals surface area contributed by atoms with E-state index in [0.717, 1.165) is 31.9 Å². The highest BCUT2D eigenvalue weighted by Crippen LogP contribution is 2.25. The highest BCUT2D eigenvalue weighted by molar-refractivity contribution is 14.0. The number of aliphatic imine (C=N–C) groups is 1. The summed E-state index contributed by atoms with van der Waals surface area (Å²) < 4.78 is 13.7. The van der Waals surface area contributed by atoms with Crippen LogP contribution >= 0.6 is 35.6 Å². The van der Waals surface area contributed by atoms with E-state index < -0.39 is 0 Å². The number of anilines is 1. The van der Waals surface area contributed by atoms with Crippen LogP contribution in [0.5, 0.6) is 0 Å². The van der Waals surface area contributed by atoms with Crippen LogP contribution in [0.25, 0.3) is 0 Å². The number of pyridine rings is 2. The van der Waals surface area contributed by atoms with Gasteiger partial charge < -0.3 is 15.5 Å². The quantitative estimate of drug-likeness (QED) is 0.372. The molecule has 2 N–H and O–H groups in total. The van der Waals surface area contributed by atoms with Crippen molar-refractivity contribution < 1.29 is 4.39 Å². The molecule has 1 aliphatic rings. The summed E-state index contributed by atoms with van der Waals surface area (Å²) in [5.74, 6) is 1.11. The van der Waals surface area contributed by atoms with Crippen molar-refractivity contribution in [3.05, 3.63) is 53.2 Å². The molecule has 0 amide bonds. The van der Waals surface area contributed by atoms with Gasteiger partial charge in [0.05, 0.1) is 17.3 Å². The monoisotopic (exact) mass is 504 g/mol. The molecule has 3 heterocycles. The lowest BCUT2D eigenvalue weighted by molar-refractivity contribution is 0.598. The number of guanidine groups is 1. The summed E-state index contributed by atoms with van der Waals surface area (Å²) >= 11 is 6.24. The van der Waals surface area contributed by atoms with Crippen molar-refractivity contribution in [1.82, 2.24) is 20.6 Å². The largest absolute Gasteiger partial charge is 0.357 e. The highest BCUT2D eigenvalue weighted by atomic mass is 127. The van der Waals surface area contributed by atoms with E-state index in [1.165, 1.54) is 6.07 Å². The first-order valence-electron chi connectivity index (χ1n) is 8.67. The molecule has 0 aromatic carbocycles. The molecule has 0 saturated carbocycles. The normalized spacial score (nSPS) is 16.8. The molecule has 1 fully saturated rings. The molecule has 1 aliphatic heterocycles. The maximum absolute atomic E-state index is 13.7. The molecular weight excluding hydrogens is 482 g/mol. The maximum Gasteiger partial charge on any atom is 0.191 e. The second kappa shape index (κ2) is 10.6. The number of nitrogens with zero attached hydrogens (tertiary/aromatic N) is 4. The Morgan fingerprint density at radius 2 is 2.11 bits per heavy atom. The molecule has 27 heavy (non-hydrogen) atoms. The van der Waals surface area contributed by atoms with E-state index in [4.69, 9.17) is 11.6 Å². The molecule has 1 atom stereocenters. The molecule has 6 nitrogen and oxygen atoms in total. The Hall–Kier alpha value is -1.68. The Balaban J connectivity index is 0.00000261. The zero-order valence-corrected chi connectivity index (χ0v) is 18.1. The second-order valence-electron chi connectivity index (χ2n) is 6.01. The number of aromatic nitrogens is 2. The third-order valence-corrected chi connectivity index (χ3v) is 4.43. The lowest BCUT2D eigenvalue weighted by Gasteiger charge is -2.20. The third-order valence-electron chi connectivity index (χ3n) is 4.13. The van der Waals surface area contributed by atoms with Crippen molar-refractivity contribution in [2.24, 2.45) is 4.99 Å². The molecule has 1 saturated heterocycles. The van der Waals surface area contributed by atoms with Crippen LogP contribution in [0, 0.1) is 5.82 Å². The second-order valence-corrected chi connectivity index (χ2v) is 6.42. The predicted molar refractivity (Wildman–Crippen MR) is 117 cm³/mol. The van der Waals surface area contributed by atoms with Gasteiger partial charge in [0.25, 0.3) is 0 Å². The fraction of sp³-hybridized carbons (Fsp3) is 0.389. The molecule has 0 bridgehead atoms. The number of rotatable bonds is 5. The minimum absolute atomic E-state index is 0. The molecule has 9 heteroatoms. The van der Waals surface area contributed by atoms with E-state index in [1.54, 1.807) is 18.5 Å². The van der Waals surface area contributed by atoms with E-state index in [0.29, 0.717) is 16.7 Å². The van der Waals surface area contributed by atoms with Gasteiger partial charge in [0, 0.05) is 38.1 Å². The molecule has 3 rings (SSSR count). The van der Waals surface area contributed by atoms with Gasteiger partial charge in [-0.1, -0.05) is 11.6 Å². The van der Waals surface area contributed by atoms with Gasteiger partial charge in [-0.15, -0.1) is 24.0 Å². The topological polar surface area (TPSA) is 65.4 Å². The Labute approximate surface area is 180 Å². The lowest BCUT2D eigenvalue weighted by atomic mass is 10.3. The van der Waals surface area contributed by atoms with Gasteiger partial charge in [-0.25, -0.2) is 14.4 Å². The van der Waals surface area contributed by atoms with E-state index >= 15 is 0 Å². The fourth-order valence-electron chi connectivity index (χ4n) is 2.88. The number of hydrogen-bond donors (Lipinski definition) is 2. The molecule has 2 aromatic heterocycles. The number of hydrogen-bond acceptors (Lipinski definition) is 4. The van der Waals surface area contributed by atoms with Crippen molar-refractivity contribution in [3.63, 3.8) is 0 Å². The van der Waals surface area contributed by atoms with Crippen molar-refractivity contribution in [2.75, 3.05) is 24.5 Å². The van der Waals surface area contributed by atoms with Crippen LogP contribution in [0.2, 0.25) is 5.02 Å². The smallest absolute Gasteiger partial charge is 0.191 e. The SMILES string of the molecule is CCNC(=NCc1ncccc1F)NC1CCN(c2ncccc2Cl)C1.I. The summed E-state index contributed by atoms with van der Waals surface area (Å²) in [6.45, 7) is 4.54. The van der Waals surface area contributed by atoms with Crippen LogP contribution in [0.4, 0.5) is 10.2 Å². The van der Waals surface area contributed by atoms with Crippen LogP contribution in [-0.4, -0.2) is 41.6 Å². The van der Waals surface area contributed by atoms with Gasteiger partial charge in [-0.2, -0.15) is 0 Å². The highest BCUT2D eigenvalue weighted by Gasteiger charge is 2.25. The minimum Gasteiger partial charge on any atom is -0.357 e. The van der Waals surface area contributed by atoms with Gasteiger partial charge in [-0.05, 0) is 37.6 Å². The summed E-state index contributed by atoms with van der Waals surface area (Å²) in [5.41, 5.74) is 0.331. The first-order valence-corrected chi connectivity index (χ1v) is 9.05. The number of nitrogens with one attached hydrogen (secondary N) is 2. The van der Waals surface area contributed by atoms with Crippen molar-refractivity contribution >= 4 is 47.4 Å². The Morgan fingerprint density at radius 3 is 2.85 bits per heavy atom. The summed E-state index contributed by atoms with van der Waals surface area (Å²) in [6, 6.07) is 6.84. The van der Waals surface area contributed by atoms with E-state index in [-0.39, 0.29) is 42.4 Å². The number of halogens is 3. The van der Waals surface area contributed by atoms with E-state index in [1.807, 2.05) is 19.1 Å². The molecule has 146 valence electrons. The molecule has 0 aliphatic carbocycles. The van der Waals surface area contributed by atoms with Gasteiger partial charge >= 0.3 is 0 Å². The molecule has 0 spiro atoms. The van der Waals surface area contributed by atoms with Gasteiger partial charge in [0.2, 0.25) is 0 Å². The lowest BCUT2D eigenvalue weighted by Crippen LogP contribution is -2.44. The third kappa shape index (κ3) is 5.90. The van der Waals surface area contributed by atoms with Crippen LogP contribution in [0.1, 0.15) is 19.0 Å². The zero-order chi connectivity index (χ0) is 18.4. The van der Waals surface area contributed by atoms with Gasteiger partial charge in [-0.3, -0.25) is 4.98 Å².